The van der Waals surface area contributed by atoms with Gasteiger partial charge in [-0.1, -0.05) is 6.07 Å². The second kappa shape index (κ2) is 5.39. The van der Waals surface area contributed by atoms with Crippen molar-refractivity contribution in [2.24, 2.45) is 0 Å². The lowest BCUT2D eigenvalue weighted by Gasteiger charge is -2.15. The van der Waals surface area contributed by atoms with Gasteiger partial charge in [-0.05, 0) is 18.6 Å². The van der Waals surface area contributed by atoms with E-state index in [0.717, 1.165) is 11.3 Å². The summed E-state index contributed by atoms with van der Waals surface area (Å²) in [6.07, 6.45) is 3.43. The molecule has 2 aromatic heterocycles. The zero-order chi connectivity index (χ0) is 13.0. The van der Waals surface area contributed by atoms with Crippen molar-refractivity contribution in [3.8, 4) is 0 Å². The summed E-state index contributed by atoms with van der Waals surface area (Å²) in [5.74, 6) is 0.678. The standard InChI is InChI=1S/C12H15N5O/c1-9-4-3-5-13-10(9)6-12(18)17(2)7-11-14-8-15-16-11/h3-5,8H,6-7H2,1-2H3,(H,14,15,16). The van der Waals surface area contributed by atoms with Gasteiger partial charge in [0.25, 0.3) is 0 Å². The van der Waals surface area contributed by atoms with E-state index >= 15 is 0 Å². The van der Waals surface area contributed by atoms with E-state index in [9.17, 15) is 4.79 Å². The highest BCUT2D eigenvalue weighted by Gasteiger charge is 2.13. The molecular formula is C12H15N5O. The van der Waals surface area contributed by atoms with Crippen LogP contribution in [-0.2, 0) is 17.8 Å². The van der Waals surface area contributed by atoms with Gasteiger partial charge in [0.2, 0.25) is 5.91 Å². The zero-order valence-electron chi connectivity index (χ0n) is 10.4. The molecule has 0 aliphatic rings. The minimum atomic E-state index is 0.00759. The Kier molecular flexibility index (Phi) is 3.66. The molecule has 2 heterocycles. The maximum Gasteiger partial charge on any atom is 0.228 e. The number of aromatic nitrogens is 4. The predicted molar refractivity (Wildman–Crippen MR) is 65.5 cm³/mol. The average Bonchev–Trinajstić information content (AvgIpc) is 2.84. The van der Waals surface area contributed by atoms with Gasteiger partial charge in [-0.2, -0.15) is 5.10 Å². The summed E-state index contributed by atoms with van der Waals surface area (Å²) in [5.41, 5.74) is 1.84. The summed E-state index contributed by atoms with van der Waals surface area (Å²) < 4.78 is 0. The van der Waals surface area contributed by atoms with E-state index in [4.69, 9.17) is 0 Å². The van der Waals surface area contributed by atoms with Crippen molar-refractivity contribution in [1.82, 2.24) is 25.1 Å². The number of nitrogens with one attached hydrogen (secondary N) is 1. The van der Waals surface area contributed by atoms with Crippen molar-refractivity contribution in [3.63, 3.8) is 0 Å². The minimum Gasteiger partial charge on any atom is -0.338 e. The predicted octanol–water partition coefficient (Wildman–Crippen LogP) is 0.709. The number of carbonyl (C=O) groups excluding carboxylic acids is 1. The molecule has 0 aliphatic carbocycles. The average molecular weight is 245 g/mol. The highest BCUT2D eigenvalue weighted by atomic mass is 16.2. The van der Waals surface area contributed by atoms with E-state index in [1.54, 1.807) is 18.1 Å². The van der Waals surface area contributed by atoms with Crippen molar-refractivity contribution in [2.45, 2.75) is 19.9 Å². The molecule has 6 heteroatoms. The van der Waals surface area contributed by atoms with Crippen LogP contribution >= 0.6 is 0 Å². The lowest BCUT2D eigenvalue weighted by molar-refractivity contribution is -0.129. The van der Waals surface area contributed by atoms with Crippen LogP contribution < -0.4 is 0 Å². The number of hydrogen-bond acceptors (Lipinski definition) is 4. The Labute approximate surface area is 105 Å². The monoisotopic (exact) mass is 245 g/mol. The molecule has 0 saturated carbocycles. The van der Waals surface area contributed by atoms with E-state index in [-0.39, 0.29) is 5.91 Å². The van der Waals surface area contributed by atoms with Gasteiger partial charge >= 0.3 is 0 Å². The molecule has 0 atom stereocenters. The number of likely N-dealkylation sites (N-methyl/N-ethyl adjacent to an activating group) is 1. The fourth-order valence-electron chi connectivity index (χ4n) is 1.60. The molecule has 0 unspecified atom stereocenters. The van der Waals surface area contributed by atoms with Gasteiger partial charge in [-0.25, -0.2) is 4.98 Å². The Balaban J connectivity index is 1.98. The first-order valence-corrected chi connectivity index (χ1v) is 5.65. The van der Waals surface area contributed by atoms with Crippen molar-refractivity contribution in [3.05, 3.63) is 41.7 Å². The zero-order valence-corrected chi connectivity index (χ0v) is 10.4. The summed E-state index contributed by atoms with van der Waals surface area (Å²) >= 11 is 0. The van der Waals surface area contributed by atoms with Crippen molar-refractivity contribution in [1.29, 1.82) is 0 Å². The quantitative estimate of drug-likeness (QED) is 0.860. The number of rotatable bonds is 4. The fraction of sp³-hybridized carbons (Fsp3) is 0.333. The summed E-state index contributed by atoms with van der Waals surface area (Å²) in [5, 5.41) is 6.47. The van der Waals surface area contributed by atoms with Gasteiger partial charge in [0.05, 0.1) is 18.7 Å². The van der Waals surface area contributed by atoms with Gasteiger partial charge in [-0.15, -0.1) is 0 Å². The van der Waals surface area contributed by atoms with Crippen LogP contribution in [0.2, 0.25) is 0 Å². The Morgan fingerprint density at radius 3 is 2.94 bits per heavy atom. The third kappa shape index (κ3) is 2.91. The number of hydrogen-bond donors (Lipinski definition) is 1. The SMILES string of the molecule is Cc1cccnc1CC(=O)N(C)Cc1ncn[nH]1. The maximum absolute atomic E-state index is 12.0. The van der Waals surface area contributed by atoms with E-state index in [1.165, 1.54) is 6.33 Å². The van der Waals surface area contributed by atoms with Crippen LogP contribution in [0.4, 0.5) is 0 Å². The van der Waals surface area contributed by atoms with Crippen molar-refractivity contribution in [2.75, 3.05) is 7.05 Å². The van der Waals surface area contributed by atoms with E-state index in [0.29, 0.717) is 18.8 Å². The topological polar surface area (TPSA) is 74.8 Å². The van der Waals surface area contributed by atoms with E-state index in [2.05, 4.69) is 20.2 Å². The van der Waals surface area contributed by atoms with Crippen LogP contribution in [0.1, 0.15) is 17.1 Å². The molecule has 6 nitrogen and oxygen atoms in total. The molecule has 94 valence electrons. The van der Waals surface area contributed by atoms with Gasteiger partial charge in [0.15, 0.2) is 0 Å². The normalized spacial score (nSPS) is 10.3. The smallest absolute Gasteiger partial charge is 0.228 e. The first-order valence-electron chi connectivity index (χ1n) is 5.65. The van der Waals surface area contributed by atoms with Gasteiger partial charge in [-0.3, -0.25) is 14.9 Å². The number of pyridine rings is 1. The van der Waals surface area contributed by atoms with Crippen LogP contribution in [-0.4, -0.2) is 38.0 Å². The highest BCUT2D eigenvalue weighted by Crippen LogP contribution is 2.06. The van der Waals surface area contributed by atoms with Crippen LogP contribution in [0, 0.1) is 6.92 Å². The first-order chi connectivity index (χ1) is 8.66. The molecule has 1 amide bonds. The number of amides is 1. The van der Waals surface area contributed by atoms with Gasteiger partial charge < -0.3 is 4.90 Å². The van der Waals surface area contributed by atoms with Gasteiger partial charge in [0.1, 0.15) is 12.2 Å². The molecule has 0 spiro atoms. The molecule has 0 fully saturated rings. The molecule has 0 aliphatic heterocycles. The van der Waals surface area contributed by atoms with Crippen LogP contribution in [0.15, 0.2) is 24.7 Å². The summed E-state index contributed by atoms with van der Waals surface area (Å²) in [6.45, 7) is 2.37. The Bertz CT molecular complexity index is 523. The second-order valence-corrected chi connectivity index (χ2v) is 4.13. The van der Waals surface area contributed by atoms with E-state index < -0.39 is 0 Å². The summed E-state index contributed by atoms with van der Waals surface area (Å²) in [4.78, 5) is 21.8. The number of H-pyrrole nitrogens is 1. The number of nitrogens with zero attached hydrogens (tertiary/aromatic N) is 4. The minimum absolute atomic E-state index is 0.00759. The molecule has 2 aromatic rings. The number of carbonyl (C=O) groups is 1. The second-order valence-electron chi connectivity index (χ2n) is 4.13. The Hall–Kier alpha value is -2.24. The number of aryl methyl sites for hydroxylation is 1. The maximum atomic E-state index is 12.0. The van der Waals surface area contributed by atoms with Crippen LogP contribution in [0.3, 0.4) is 0 Å². The van der Waals surface area contributed by atoms with Gasteiger partial charge in [0, 0.05) is 13.2 Å². The van der Waals surface area contributed by atoms with Crippen molar-refractivity contribution >= 4 is 5.91 Å². The molecule has 2 rings (SSSR count). The molecule has 0 radical (unpaired) electrons. The third-order valence-corrected chi connectivity index (χ3v) is 2.71. The number of aromatic amines is 1. The summed E-state index contributed by atoms with van der Waals surface area (Å²) in [7, 11) is 1.74. The molecule has 0 aromatic carbocycles. The Morgan fingerprint density at radius 1 is 1.44 bits per heavy atom. The highest BCUT2D eigenvalue weighted by molar-refractivity contribution is 5.78. The molecule has 0 bridgehead atoms. The van der Waals surface area contributed by atoms with Crippen molar-refractivity contribution < 1.29 is 4.79 Å². The van der Waals surface area contributed by atoms with Crippen LogP contribution in [0.25, 0.3) is 0 Å². The molecule has 0 saturated heterocycles. The first kappa shape index (κ1) is 12.2. The van der Waals surface area contributed by atoms with E-state index in [1.807, 2.05) is 19.1 Å². The lowest BCUT2D eigenvalue weighted by Crippen LogP contribution is -2.28. The lowest BCUT2D eigenvalue weighted by atomic mass is 10.1. The Morgan fingerprint density at radius 2 is 2.28 bits per heavy atom. The van der Waals surface area contributed by atoms with Crippen LogP contribution in [0.5, 0.6) is 0 Å². The molecule has 1 N–H and O–H groups in total. The third-order valence-electron chi connectivity index (χ3n) is 2.71. The summed E-state index contributed by atoms with van der Waals surface area (Å²) in [6, 6.07) is 3.81. The largest absolute Gasteiger partial charge is 0.338 e. The fourth-order valence-corrected chi connectivity index (χ4v) is 1.60. The molecule has 18 heavy (non-hydrogen) atoms. The molecular weight excluding hydrogens is 230 g/mol.